The van der Waals surface area contributed by atoms with E-state index >= 15 is 0 Å². The zero-order valence-electron chi connectivity index (χ0n) is 24.4. The number of hydrogen-bond donors (Lipinski definition) is 2. The molecule has 1 aromatic carbocycles. The number of hydrogen-bond acceptors (Lipinski definition) is 6. The maximum Gasteiger partial charge on any atom is 0.413 e. The molecule has 5 rings (SSSR count). The van der Waals surface area contributed by atoms with Crippen molar-refractivity contribution in [2.24, 2.45) is 5.41 Å². The van der Waals surface area contributed by atoms with Crippen LogP contribution in [0.4, 0.5) is 16.3 Å². The number of nitrogens with zero attached hydrogens (tertiary/aromatic N) is 3. The van der Waals surface area contributed by atoms with Crippen LogP contribution in [-0.2, 0) is 19.1 Å². The summed E-state index contributed by atoms with van der Waals surface area (Å²) < 4.78 is 5.36. The fourth-order valence-corrected chi connectivity index (χ4v) is 5.27. The van der Waals surface area contributed by atoms with E-state index in [1.165, 1.54) is 6.20 Å². The van der Waals surface area contributed by atoms with Crippen molar-refractivity contribution < 1.29 is 23.9 Å². The Balaban J connectivity index is 1.32. The molecule has 2 N–H and O–H groups in total. The highest BCUT2D eigenvalue weighted by atomic mass is 16.6. The van der Waals surface area contributed by atoms with Crippen molar-refractivity contribution in [1.29, 1.82) is 0 Å². The second kappa shape index (κ2) is 10.8. The Morgan fingerprint density at radius 2 is 1.68 bits per heavy atom. The standard InChI is InChI=1S/C31H39N5O5/c1-19-17-36(24(21-9-7-6-8-10-21)18-35(19)28(39)31(5)13-14-31)27(38)26(37)33-22-15-23(20-11-12-20)25(32-16-22)34-29(40)41-30(2,3)4/h6-10,15-16,19-20,24H,11-14,17-18H2,1-5H3,(H,33,37)(H,32,34,40)/t19-,24-/m1/s1. The lowest BCUT2D eigenvalue weighted by Crippen LogP contribution is -2.59. The fourth-order valence-electron chi connectivity index (χ4n) is 5.27. The van der Waals surface area contributed by atoms with Crippen LogP contribution in [0.3, 0.4) is 0 Å². The lowest BCUT2D eigenvalue weighted by Gasteiger charge is -2.46. The molecule has 1 saturated heterocycles. The van der Waals surface area contributed by atoms with E-state index in [2.05, 4.69) is 15.6 Å². The molecule has 3 aliphatic rings. The molecule has 0 unspecified atom stereocenters. The Bertz CT molecular complexity index is 1350. The van der Waals surface area contributed by atoms with E-state index in [1.54, 1.807) is 31.7 Å². The van der Waals surface area contributed by atoms with E-state index in [9.17, 15) is 19.2 Å². The van der Waals surface area contributed by atoms with Crippen molar-refractivity contribution in [2.45, 2.75) is 83.9 Å². The van der Waals surface area contributed by atoms with Gasteiger partial charge in [-0.15, -0.1) is 0 Å². The van der Waals surface area contributed by atoms with Gasteiger partial charge in [0, 0.05) is 30.1 Å². The number of amides is 4. The number of nitrogens with one attached hydrogen (secondary N) is 2. The number of piperazine rings is 1. The summed E-state index contributed by atoms with van der Waals surface area (Å²) in [4.78, 5) is 60.3. The zero-order valence-corrected chi connectivity index (χ0v) is 24.4. The molecule has 2 aromatic rings. The number of rotatable bonds is 5. The number of ether oxygens (including phenoxy) is 1. The second-order valence-electron chi connectivity index (χ2n) is 12.8. The Morgan fingerprint density at radius 1 is 1.00 bits per heavy atom. The summed E-state index contributed by atoms with van der Waals surface area (Å²) in [6, 6.07) is 10.6. The third-order valence-electron chi connectivity index (χ3n) is 7.97. The van der Waals surface area contributed by atoms with Gasteiger partial charge in [0.2, 0.25) is 5.91 Å². The highest BCUT2D eigenvalue weighted by Gasteiger charge is 2.50. The van der Waals surface area contributed by atoms with Crippen LogP contribution in [0, 0.1) is 5.41 Å². The second-order valence-corrected chi connectivity index (χ2v) is 12.8. The minimum Gasteiger partial charge on any atom is -0.444 e. The summed E-state index contributed by atoms with van der Waals surface area (Å²) >= 11 is 0. The SMILES string of the molecule is C[C@@H]1CN(C(=O)C(=O)Nc2cnc(NC(=O)OC(C)(C)C)c(C3CC3)c2)[C@@H](c2ccccc2)CN1C(=O)C1(C)CC1. The number of carbonyl (C=O) groups is 4. The molecule has 10 nitrogen and oxygen atoms in total. The number of aromatic nitrogens is 1. The zero-order chi connectivity index (χ0) is 29.5. The van der Waals surface area contributed by atoms with Crippen LogP contribution in [0.25, 0.3) is 0 Å². The number of benzene rings is 1. The van der Waals surface area contributed by atoms with E-state index in [0.29, 0.717) is 18.1 Å². The van der Waals surface area contributed by atoms with Crippen LogP contribution >= 0.6 is 0 Å². The van der Waals surface area contributed by atoms with Crippen LogP contribution in [-0.4, -0.2) is 63.3 Å². The van der Waals surface area contributed by atoms with E-state index in [0.717, 1.165) is 36.8 Å². The summed E-state index contributed by atoms with van der Waals surface area (Å²) in [6.45, 7) is 9.84. The van der Waals surface area contributed by atoms with Crippen LogP contribution < -0.4 is 10.6 Å². The molecule has 2 atom stereocenters. The van der Waals surface area contributed by atoms with Crippen molar-refractivity contribution in [3.05, 3.63) is 53.7 Å². The Kier molecular flexibility index (Phi) is 7.52. The van der Waals surface area contributed by atoms with Crippen LogP contribution in [0.5, 0.6) is 0 Å². The summed E-state index contributed by atoms with van der Waals surface area (Å²) in [7, 11) is 0. The first-order valence-corrected chi connectivity index (χ1v) is 14.3. The highest BCUT2D eigenvalue weighted by Crippen LogP contribution is 2.48. The quantitative estimate of drug-likeness (QED) is 0.504. The van der Waals surface area contributed by atoms with Crippen LogP contribution in [0.15, 0.2) is 42.6 Å². The van der Waals surface area contributed by atoms with Gasteiger partial charge in [0.25, 0.3) is 0 Å². The first kappa shape index (κ1) is 28.6. The van der Waals surface area contributed by atoms with Gasteiger partial charge in [-0.25, -0.2) is 9.78 Å². The molecule has 2 saturated carbocycles. The minimum atomic E-state index is -0.775. The Hall–Kier alpha value is -3.95. The van der Waals surface area contributed by atoms with Crippen molar-refractivity contribution in [2.75, 3.05) is 23.7 Å². The van der Waals surface area contributed by atoms with Gasteiger partial charge in [0.05, 0.1) is 17.9 Å². The molecule has 2 heterocycles. The summed E-state index contributed by atoms with van der Waals surface area (Å²) in [5.41, 5.74) is 1.06. The van der Waals surface area contributed by atoms with Gasteiger partial charge < -0.3 is 19.9 Å². The first-order valence-electron chi connectivity index (χ1n) is 14.3. The third kappa shape index (κ3) is 6.52. The lowest BCUT2D eigenvalue weighted by molar-refractivity contribution is -0.153. The normalized spacial score (nSPS) is 21.6. The molecule has 2 aliphatic carbocycles. The molecule has 10 heteroatoms. The van der Waals surface area contributed by atoms with Gasteiger partial charge in [-0.2, -0.15) is 0 Å². The van der Waals surface area contributed by atoms with E-state index in [4.69, 9.17) is 4.74 Å². The van der Waals surface area contributed by atoms with E-state index in [-0.39, 0.29) is 29.8 Å². The van der Waals surface area contributed by atoms with Gasteiger partial charge in [-0.3, -0.25) is 19.7 Å². The molecule has 1 aliphatic heterocycles. The Labute approximate surface area is 240 Å². The van der Waals surface area contributed by atoms with Gasteiger partial charge in [0.15, 0.2) is 0 Å². The largest absolute Gasteiger partial charge is 0.444 e. The predicted molar refractivity (Wildman–Crippen MR) is 154 cm³/mol. The molecule has 0 spiro atoms. The van der Waals surface area contributed by atoms with Gasteiger partial charge in [0.1, 0.15) is 11.4 Å². The number of pyridine rings is 1. The molecule has 3 fully saturated rings. The third-order valence-corrected chi connectivity index (χ3v) is 7.97. The number of anilines is 2. The highest BCUT2D eigenvalue weighted by molar-refractivity contribution is 6.39. The maximum absolute atomic E-state index is 13.6. The average Bonchev–Trinajstić information content (AvgIpc) is 3.85. The van der Waals surface area contributed by atoms with Crippen molar-refractivity contribution >= 4 is 35.3 Å². The Morgan fingerprint density at radius 3 is 2.29 bits per heavy atom. The van der Waals surface area contributed by atoms with E-state index in [1.807, 2.05) is 49.1 Å². The van der Waals surface area contributed by atoms with Crippen LogP contribution in [0.2, 0.25) is 0 Å². The van der Waals surface area contributed by atoms with Gasteiger partial charge >= 0.3 is 17.9 Å². The van der Waals surface area contributed by atoms with Crippen molar-refractivity contribution in [3.8, 4) is 0 Å². The maximum atomic E-state index is 13.6. The van der Waals surface area contributed by atoms with Gasteiger partial charge in [-0.1, -0.05) is 37.3 Å². The monoisotopic (exact) mass is 561 g/mol. The molecule has 41 heavy (non-hydrogen) atoms. The first-order chi connectivity index (χ1) is 19.3. The molecular weight excluding hydrogens is 522 g/mol. The smallest absolute Gasteiger partial charge is 0.413 e. The molecule has 218 valence electrons. The van der Waals surface area contributed by atoms with Gasteiger partial charge in [-0.05, 0) is 70.9 Å². The average molecular weight is 562 g/mol. The van der Waals surface area contributed by atoms with Crippen LogP contribution in [0.1, 0.15) is 83.4 Å². The minimum absolute atomic E-state index is 0.112. The summed E-state index contributed by atoms with van der Waals surface area (Å²) in [5, 5.41) is 5.43. The molecule has 1 aromatic heterocycles. The molecular formula is C31H39N5O5. The molecule has 0 radical (unpaired) electrons. The lowest BCUT2D eigenvalue weighted by atomic mass is 9.97. The fraction of sp³-hybridized carbons (Fsp3) is 0.516. The summed E-state index contributed by atoms with van der Waals surface area (Å²) in [5.74, 6) is -0.736. The number of carbonyl (C=O) groups excluding carboxylic acids is 4. The van der Waals surface area contributed by atoms with Crippen molar-refractivity contribution in [3.63, 3.8) is 0 Å². The molecule has 4 amide bonds. The van der Waals surface area contributed by atoms with Crippen molar-refractivity contribution in [1.82, 2.24) is 14.8 Å². The topological polar surface area (TPSA) is 121 Å². The predicted octanol–water partition coefficient (Wildman–Crippen LogP) is 4.85. The van der Waals surface area contributed by atoms with E-state index < -0.39 is 29.6 Å². The summed E-state index contributed by atoms with van der Waals surface area (Å²) in [6.07, 6.45) is 4.46. The molecule has 0 bridgehead atoms.